The third-order valence-corrected chi connectivity index (χ3v) is 4.23. The number of benzene rings is 1. The number of rotatable bonds is 6. The third kappa shape index (κ3) is 5.66. The molecule has 1 heterocycles. The van der Waals surface area contributed by atoms with Crippen LogP contribution in [-0.4, -0.2) is 44.2 Å². The van der Waals surface area contributed by atoms with Crippen LogP contribution >= 0.6 is 0 Å². The molecule has 1 saturated heterocycles. The molecule has 0 aromatic heterocycles. The van der Waals surface area contributed by atoms with E-state index in [9.17, 15) is 4.79 Å². The normalized spacial score (nSPS) is 18.9. The molecule has 23 heavy (non-hydrogen) atoms. The molecule has 0 bridgehead atoms. The van der Waals surface area contributed by atoms with Gasteiger partial charge in [-0.05, 0) is 37.4 Å². The van der Waals surface area contributed by atoms with Gasteiger partial charge in [0.2, 0.25) is 5.91 Å². The lowest BCUT2D eigenvalue weighted by molar-refractivity contribution is -0.116. The van der Waals surface area contributed by atoms with Crippen molar-refractivity contribution in [2.24, 2.45) is 5.92 Å². The molecule has 5 heteroatoms. The van der Waals surface area contributed by atoms with Crippen molar-refractivity contribution < 1.29 is 9.53 Å². The van der Waals surface area contributed by atoms with Crippen LogP contribution in [0.2, 0.25) is 0 Å². The van der Waals surface area contributed by atoms with E-state index in [1.165, 1.54) is 19.3 Å². The minimum atomic E-state index is -0.0414. The highest BCUT2D eigenvalue weighted by Gasteiger charge is 2.18. The number of ether oxygens (including phenoxy) is 1. The summed E-state index contributed by atoms with van der Waals surface area (Å²) in [6.45, 7) is 3.58. The first kappa shape index (κ1) is 17.5. The average Bonchev–Trinajstić information content (AvgIpc) is 2.79. The van der Waals surface area contributed by atoms with Crippen molar-refractivity contribution in [3.05, 3.63) is 29.8 Å². The molecule has 1 atom stereocenters. The molecule has 1 amide bonds. The van der Waals surface area contributed by atoms with Crippen molar-refractivity contribution in [2.45, 2.75) is 25.7 Å². The fraction of sp³-hybridized carbons (Fsp3) is 0.556. The first-order valence-electron chi connectivity index (χ1n) is 8.23. The van der Waals surface area contributed by atoms with Gasteiger partial charge in [-0.3, -0.25) is 4.79 Å². The summed E-state index contributed by atoms with van der Waals surface area (Å²) < 4.78 is 5.28. The lowest BCUT2D eigenvalue weighted by Crippen LogP contribution is -2.33. The number of nitrogens with one attached hydrogen (secondary N) is 1. The van der Waals surface area contributed by atoms with Crippen LogP contribution in [-0.2, 0) is 9.53 Å². The summed E-state index contributed by atoms with van der Waals surface area (Å²) >= 11 is 0. The summed E-state index contributed by atoms with van der Waals surface area (Å²) in [7, 11) is 1.75. The molecule has 1 fully saturated rings. The molecule has 0 spiro atoms. The van der Waals surface area contributed by atoms with Gasteiger partial charge in [-0.2, -0.15) is 5.26 Å². The molecule has 1 aromatic rings. The predicted molar refractivity (Wildman–Crippen MR) is 90.1 cm³/mol. The van der Waals surface area contributed by atoms with E-state index in [-0.39, 0.29) is 5.91 Å². The number of methoxy groups -OCH3 is 1. The number of carbonyl (C=O) groups excluding carboxylic acids is 1. The number of nitrogens with zero attached hydrogens (tertiary/aromatic N) is 2. The monoisotopic (exact) mass is 315 g/mol. The number of likely N-dealkylation sites (tertiary alicyclic amines) is 1. The topological polar surface area (TPSA) is 65.4 Å². The molecule has 124 valence electrons. The van der Waals surface area contributed by atoms with Crippen molar-refractivity contribution in [1.82, 2.24) is 4.90 Å². The molecule has 1 aliphatic heterocycles. The smallest absolute Gasteiger partial charge is 0.225 e. The van der Waals surface area contributed by atoms with E-state index in [0.717, 1.165) is 26.2 Å². The van der Waals surface area contributed by atoms with Crippen molar-refractivity contribution in [3.8, 4) is 6.07 Å². The third-order valence-electron chi connectivity index (χ3n) is 4.23. The Morgan fingerprint density at radius 2 is 2.26 bits per heavy atom. The highest BCUT2D eigenvalue weighted by atomic mass is 16.5. The molecule has 0 aliphatic carbocycles. The minimum Gasteiger partial charge on any atom is -0.384 e. The molecular weight excluding hydrogens is 290 g/mol. The molecule has 0 unspecified atom stereocenters. The molecule has 5 nitrogen and oxygen atoms in total. The van der Waals surface area contributed by atoms with E-state index in [1.54, 1.807) is 25.3 Å². The Labute approximate surface area is 138 Å². The number of nitriles is 1. The summed E-state index contributed by atoms with van der Waals surface area (Å²) in [5.74, 6) is 0.519. The maximum Gasteiger partial charge on any atom is 0.225 e. The molecular formula is C18H25N3O2. The van der Waals surface area contributed by atoms with Gasteiger partial charge in [0, 0.05) is 26.6 Å². The summed E-state index contributed by atoms with van der Waals surface area (Å²) in [4.78, 5) is 14.5. The van der Waals surface area contributed by atoms with Crippen molar-refractivity contribution >= 4 is 11.6 Å². The van der Waals surface area contributed by atoms with Gasteiger partial charge in [-0.1, -0.05) is 18.6 Å². The second-order valence-electron chi connectivity index (χ2n) is 6.07. The van der Waals surface area contributed by atoms with Gasteiger partial charge in [-0.15, -0.1) is 0 Å². The Hall–Kier alpha value is -1.90. The molecule has 1 aromatic carbocycles. The van der Waals surface area contributed by atoms with Crippen LogP contribution in [0.1, 0.15) is 31.2 Å². The molecule has 1 aliphatic rings. The SMILES string of the molecule is COC[C@@H]1CCCCN(CCC(=O)Nc2ccccc2C#N)C1. The zero-order valence-electron chi connectivity index (χ0n) is 13.8. The fourth-order valence-electron chi connectivity index (χ4n) is 3.05. The Morgan fingerprint density at radius 1 is 1.43 bits per heavy atom. The van der Waals surface area contributed by atoms with Gasteiger partial charge in [0.1, 0.15) is 6.07 Å². The molecule has 0 radical (unpaired) electrons. The van der Waals surface area contributed by atoms with Gasteiger partial charge >= 0.3 is 0 Å². The number of para-hydroxylation sites is 1. The van der Waals surface area contributed by atoms with Crippen LogP contribution in [0, 0.1) is 17.2 Å². The van der Waals surface area contributed by atoms with Crippen LogP contribution < -0.4 is 5.32 Å². The number of amides is 1. The Morgan fingerprint density at radius 3 is 3.04 bits per heavy atom. The highest BCUT2D eigenvalue weighted by Crippen LogP contribution is 2.17. The average molecular weight is 315 g/mol. The van der Waals surface area contributed by atoms with Crippen molar-refractivity contribution in [1.29, 1.82) is 5.26 Å². The lowest BCUT2D eigenvalue weighted by atomic mass is 10.0. The van der Waals surface area contributed by atoms with Gasteiger partial charge in [-0.25, -0.2) is 0 Å². The van der Waals surface area contributed by atoms with Gasteiger partial charge in [0.25, 0.3) is 0 Å². The second-order valence-corrected chi connectivity index (χ2v) is 6.07. The van der Waals surface area contributed by atoms with Gasteiger partial charge in [0.05, 0.1) is 17.9 Å². The second kappa shape index (κ2) is 9.29. The zero-order valence-corrected chi connectivity index (χ0v) is 13.8. The van der Waals surface area contributed by atoms with Crippen LogP contribution in [0.15, 0.2) is 24.3 Å². The number of hydrogen-bond acceptors (Lipinski definition) is 4. The summed E-state index contributed by atoms with van der Waals surface area (Å²) in [6.07, 6.45) is 4.05. The predicted octanol–water partition coefficient (Wildman–Crippen LogP) is 2.64. The lowest BCUT2D eigenvalue weighted by Gasteiger charge is -2.23. The summed E-state index contributed by atoms with van der Waals surface area (Å²) in [5, 5.41) is 11.9. The molecule has 2 rings (SSSR count). The number of carbonyl (C=O) groups is 1. The van der Waals surface area contributed by atoms with Crippen molar-refractivity contribution in [2.75, 3.05) is 38.7 Å². The minimum absolute atomic E-state index is 0.0414. The fourth-order valence-corrected chi connectivity index (χ4v) is 3.05. The Bertz CT molecular complexity index is 553. The number of hydrogen-bond donors (Lipinski definition) is 1. The largest absolute Gasteiger partial charge is 0.384 e. The van der Waals surface area contributed by atoms with Crippen LogP contribution in [0.4, 0.5) is 5.69 Å². The first-order valence-corrected chi connectivity index (χ1v) is 8.23. The standard InChI is InChI=1S/C18H25N3O2/c1-23-14-15-6-4-5-10-21(13-15)11-9-18(22)20-17-8-3-2-7-16(17)12-19/h2-3,7-8,15H,4-6,9-11,13-14H2,1H3,(H,20,22)/t15-/m1/s1. The Balaban J connectivity index is 1.82. The summed E-state index contributed by atoms with van der Waals surface area (Å²) in [5.41, 5.74) is 1.09. The first-order chi connectivity index (χ1) is 11.2. The Kier molecular flexibility index (Phi) is 7.05. The van der Waals surface area contributed by atoms with E-state index >= 15 is 0 Å². The molecule has 1 N–H and O–H groups in total. The van der Waals surface area contributed by atoms with E-state index in [4.69, 9.17) is 10.00 Å². The van der Waals surface area contributed by atoms with Crippen LogP contribution in [0.5, 0.6) is 0 Å². The zero-order chi connectivity index (χ0) is 16.5. The van der Waals surface area contributed by atoms with Crippen LogP contribution in [0.25, 0.3) is 0 Å². The van der Waals surface area contributed by atoms with Gasteiger partial charge in [0.15, 0.2) is 0 Å². The summed E-state index contributed by atoms with van der Waals surface area (Å²) in [6, 6.07) is 9.18. The van der Waals surface area contributed by atoms with Crippen molar-refractivity contribution in [3.63, 3.8) is 0 Å². The van der Waals surface area contributed by atoms with E-state index in [1.807, 2.05) is 6.07 Å². The molecule has 0 saturated carbocycles. The maximum atomic E-state index is 12.1. The van der Waals surface area contributed by atoms with Crippen LogP contribution in [0.3, 0.4) is 0 Å². The van der Waals surface area contributed by atoms with E-state index in [2.05, 4.69) is 16.3 Å². The highest BCUT2D eigenvalue weighted by molar-refractivity contribution is 5.92. The quantitative estimate of drug-likeness (QED) is 0.876. The van der Waals surface area contributed by atoms with E-state index in [0.29, 0.717) is 23.6 Å². The van der Waals surface area contributed by atoms with Gasteiger partial charge < -0.3 is 15.0 Å². The number of anilines is 1. The van der Waals surface area contributed by atoms with E-state index < -0.39 is 0 Å². The maximum absolute atomic E-state index is 12.1.